The molecule has 0 aliphatic carbocycles. The van der Waals surface area contributed by atoms with Crippen LogP contribution in [-0.2, 0) is 4.79 Å². The van der Waals surface area contributed by atoms with Gasteiger partial charge in [0.1, 0.15) is 5.54 Å². The van der Waals surface area contributed by atoms with E-state index in [4.69, 9.17) is 0 Å². The highest BCUT2D eigenvalue weighted by molar-refractivity contribution is 6.06. The number of amides is 3. The van der Waals surface area contributed by atoms with Gasteiger partial charge in [-0.15, -0.1) is 0 Å². The van der Waals surface area contributed by atoms with Crippen LogP contribution in [0.1, 0.15) is 91.9 Å². The molecule has 0 aromatic carbocycles. The lowest BCUT2D eigenvalue weighted by atomic mass is 9.94. The summed E-state index contributed by atoms with van der Waals surface area (Å²) in [6.07, 6.45) is 12.1. The fourth-order valence-corrected chi connectivity index (χ4v) is 3.46. The summed E-state index contributed by atoms with van der Waals surface area (Å²) >= 11 is 0. The lowest BCUT2D eigenvalue weighted by Crippen LogP contribution is -2.45. The molecule has 1 unspecified atom stereocenters. The maximum Gasteiger partial charge on any atom is 0.326 e. The van der Waals surface area contributed by atoms with Crippen LogP contribution in [0.4, 0.5) is 4.79 Å². The zero-order valence-corrected chi connectivity index (χ0v) is 16.9. The first-order chi connectivity index (χ1) is 12.0. The maximum atomic E-state index is 12.7. The fourth-order valence-electron chi connectivity index (χ4n) is 3.46. The van der Waals surface area contributed by atoms with Crippen molar-refractivity contribution in [1.82, 2.24) is 15.1 Å². The molecule has 0 aromatic heterocycles. The van der Waals surface area contributed by atoms with Crippen molar-refractivity contribution in [2.75, 3.05) is 19.8 Å². The van der Waals surface area contributed by atoms with Crippen LogP contribution in [-0.4, -0.2) is 47.0 Å². The predicted molar refractivity (Wildman–Crippen MR) is 103 cm³/mol. The van der Waals surface area contributed by atoms with E-state index in [2.05, 4.69) is 17.1 Å². The average molecular weight is 354 g/mol. The highest BCUT2D eigenvalue weighted by Gasteiger charge is 2.47. The van der Waals surface area contributed by atoms with E-state index in [0.29, 0.717) is 6.67 Å². The third-order valence-corrected chi connectivity index (χ3v) is 5.36. The molecule has 3 amide bonds. The lowest BCUT2D eigenvalue weighted by Gasteiger charge is -2.25. The number of hydrogen-bond acceptors (Lipinski definition) is 3. The van der Waals surface area contributed by atoms with Gasteiger partial charge in [-0.05, 0) is 26.4 Å². The van der Waals surface area contributed by atoms with E-state index in [-0.39, 0.29) is 11.9 Å². The maximum absolute atomic E-state index is 12.7. The Morgan fingerprint density at radius 2 is 1.40 bits per heavy atom. The Labute approximate surface area is 154 Å². The summed E-state index contributed by atoms with van der Waals surface area (Å²) in [5.74, 6) is -0.0658. The van der Waals surface area contributed by atoms with Crippen LogP contribution in [0, 0.1) is 0 Å². The number of unbranched alkanes of at least 4 members (excludes halogenated alkanes) is 8. The minimum atomic E-state index is -0.717. The number of hydrogen-bond donors (Lipinski definition) is 1. The third-order valence-electron chi connectivity index (χ3n) is 5.36. The van der Waals surface area contributed by atoms with Crippen LogP contribution in [0.25, 0.3) is 0 Å². The molecule has 1 saturated heterocycles. The van der Waals surface area contributed by atoms with E-state index in [1.807, 2.05) is 20.8 Å². The Morgan fingerprint density at radius 1 is 0.880 bits per heavy atom. The van der Waals surface area contributed by atoms with Crippen LogP contribution < -0.4 is 5.32 Å². The summed E-state index contributed by atoms with van der Waals surface area (Å²) in [5, 5.41) is 2.92. The first kappa shape index (κ1) is 21.9. The van der Waals surface area contributed by atoms with E-state index in [1.165, 1.54) is 49.8 Å². The van der Waals surface area contributed by atoms with Gasteiger partial charge in [0.25, 0.3) is 5.91 Å². The van der Waals surface area contributed by atoms with Crippen LogP contribution in [0.5, 0.6) is 0 Å². The molecule has 1 aliphatic rings. The van der Waals surface area contributed by atoms with Gasteiger partial charge in [0.05, 0.1) is 6.67 Å². The number of nitrogens with zero attached hydrogens (tertiary/aromatic N) is 2. The summed E-state index contributed by atoms with van der Waals surface area (Å²) in [6.45, 7) is 10.3. The van der Waals surface area contributed by atoms with Gasteiger partial charge in [-0.25, -0.2) is 9.69 Å². The highest BCUT2D eigenvalue weighted by Crippen LogP contribution is 2.24. The minimum absolute atomic E-state index is 0.0658. The Kier molecular flexibility index (Phi) is 10.1. The largest absolute Gasteiger partial charge is 0.326 e. The average Bonchev–Trinajstić information content (AvgIpc) is 2.81. The number of urea groups is 1. The molecule has 1 atom stereocenters. The Bertz CT molecular complexity index is 410. The van der Waals surface area contributed by atoms with Crippen LogP contribution in [0.15, 0.2) is 0 Å². The summed E-state index contributed by atoms with van der Waals surface area (Å²) in [6, 6.07) is -0.240. The van der Waals surface area contributed by atoms with Gasteiger partial charge in [0, 0.05) is 0 Å². The number of nitrogens with one attached hydrogen (secondary N) is 1. The molecule has 25 heavy (non-hydrogen) atoms. The standard InChI is InChI=1S/C20H39N3O2/c1-5-8-9-10-11-12-13-14-15-16-20(4)18(24)23(19(25)21-20)17-22(6-2)7-3/h5-17H2,1-4H3,(H,21,25). The minimum Gasteiger partial charge on any atom is -0.323 e. The molecule has 5 heteroatoms. The second-order valence-electron chi connectivity index (χ2n) is 7.52. The normalized spacial score (nSPS) is 20.6. The Hall–Kier alpha value is -1.10. The molecule has 0 aromatic rings. The van der Waals surface area contributed by atoms with Crippen LogP contribution >= 0.6 is 0 Å². The Morgan fingerprint density at radius 3 is 1.92 bits per heavy atom. The van der Waals surface area contributed by atoms with E-state index in [9.17, 15) is 9.59 Å². The van der Waals surface area contributed by atoms with Crippen molar-refractivity contribution in [2.45, 2.75) is 97.4 Å². The summed E-state index contributed by atoms with van der Waals surface area (Å²) in [5.41, 5.74) is -0.717. The first-order valence-electron chi connectivity index (χ1n) is 10.3. The summed E-state index contributed by atoms with van der Waals surface area (Å²) < 4.78 is 0. The van der Waals surface area contributed by atoms with Crippen molar-refractivity contribution >= 4 is 11.9 Å². The number of imide groups is 1. The van der Waals surface area contributed by atoms with E-state index in [1.54, 1.807) is 0 Å². The van der Waals surface area contributed by atoms with E-state index in [0.717, 1.165) is 32.4 Å². The molecule has 0 saturated carbocycles. The van der Waals surface area contributed by atoms with Crippen LogP contribution in [0.3, 0.4) is 0 Å². The molecule has 1 aliphatic heterocycles. The topological polar surface area (TPSA) is 52.7 Å². The van der Waals surface area contributed by atoms with Gasteiger partial charge in [-0.3, -0.25) is 9.69 Å². The number of carbonyl (C=O) groups excluding carboxylic acids is 2. The zero-order valence-electron chi connectivity index (χ0n) is 16.9. The highest BCUT2D eigenvalue weighted by atomic mass is 16.2. The second-order valence-corrected chi connectivity index (χ2v) is 7.52. The van der Waals surface area contributed by atoms with Crippen molar-refractivity contribution in [3.8, 4) is 0 Å². The van der Waals surface area contributed by atoms with Gasteiger partial charge in [-0.1, -0.05) is 78.6 Å². The molecule has 5 nitrogen and oxygen atoms in total. The van der Waals surface area contributed by atoms with Crippen molar-refractivity contribution < 1.29 is 9.59 Å². The molecule has 0 radical (unpaired) electrons. The lowest BCUT2D eigenvalue weighted by molar-refractivity contribution is -0.132. The smallest absolute Gasteiger partial charge is 0.323 e. The summed E-state index contributed by atoms with van der Waals surface area (Å²) in [7, 11) is 0. The summed E-state index contributed by atoms with van der Waals surface area (Å²) in [4.78, 5) is 28.3. The molecule has 0 spiro atoms. The van der Waals surface area contributed by atoms with Gasteiger partial charge in [0.15, 0.2) is 0 Å². The van der Waals surface area contributed by atoms with Crippen molar-refractivity contribution in [3.05, 3.63) is 0 Å². The SMILES string of the molecule is CCCCCCCCCCCC1(C)NC(=O)N(CN(CC)CC)C1=O. The predicted octanol–water partition coefficient (Wildman–Crippen LogP) is 4.52. The van der Waals surface area contributed by atoms with Gasteiger partial charge >= 0.3 is 6.03 Å². The van der Waals surface area contributed by atoms with Crippen LogP contribution in [0.2, 0.25) is 0 Å². The van der Waals surface area contributed by atoms with Crippen molar-refractivity contribution in [3.63, 3.8) is 0 Å². The molecule has 146 valence electrons. The molecule has 1 N–H and O–H groups in total. The molecule has 0 bridgehead atoms. The van der Waals surface area contributed by atoms with E-state index < -0.39 is 5.54 Å². The van der Waals surface area contributed by atoms with Gasteiger partial charge in [-0.2, -0.15) is 0 Å². The Balaban J connectivity index is 2.29. The quantitative estimate of drug-likeness (QED) is 0.369. The van der Waals surface area contributed by atoms with Gasteiger partial charge < -0.3 is 5.32 Å². The molecular formula is C20H39N3O2. The third kappa shape index (κ3) is 6.96. The zero-order chi connectivity index (χ0) is 18.7. The fraction of sp³-hybridized carbons (Fsp3) is 0.900. The second kappa shape index (κ2) is 11.5. The molecule has 1 fully saturated rings. The number of carbonyl (C=O) groups is 2. The van der Waals surface area contributed by atoms with Gasteiger partial charge in [0.2, 0.25) is 0 Å². The van der Waals surface area contributed by atoms with E-state index >= 15 is 0 Å². The molecule has 1 heterocycles. The number of rotatable bonds is 14. The first-order valence-corrected chi connectivity index (χ1v) is 10.3. The molecule has 1 rings (SSSR count). The molecular weight excluding hydrogens is 314 g/mol. The monoisotopic (exact) mass is 353 g/mol. The van der Waals surface area contributed by atoms with Crippen molar-refractivity contribution in [1.29, 1.82) is 0 Å². The van der Waals surface area contributed by atoms with Crippen molar-refractivity contribution in [2.24, 2.45) is 0 Å².